The van der Waals surface area contributed by atoms with E-state index in [4.69, 9.17) is 0 Å². The Balaban J connectivity index is 1.60. The molecular weight excluding hydrogens is 366 g/mol. The van der Waals surface area contributed by atoms with Crippen LogP contribution in [0.2, 0.25) is 0 Å². The highest BCUT2D eigenvalue weighted by Gasteiger charge is 2.09. The summed E-state index contributed by atoms with van der Waals surface area (Å²) in [6.45, 7) is 0.725. The first-order chi connectivity index (χ1) is 14.1. The van der Waals surface area contributed by atoms with Crippen molar-refractivity contribution in [3.05, 3.63) is 88.4 Å². The fraction of sp³-hybridized carbons (Fsp3) is 0.190. The minimum Gasteiger partial charge on any atom is -0.316 e. The minimum absolute atomic E-state index is 0.0942. The Morgan fingerprint density at radius 1 is 1.07 bits per heavy atom. The van der Waals surface area contributed by atoms with Gasteiger partial charge in [0.2, 0.25) is 5.43 Å². The molecule has 1 aromatic carbocycles. The highest BCUT2D eigenvalue weighted by molar-refractivity contribution is 5.56. The Hall–Kier alpha value is -3.65. The maximum Gasteiger partial charge on any atom is 0.203 e. The second kappa shape index (κ2) is 8.15. The van der Waals surface area contributed by atoms with Crippen molar-refractivity contribution < 1.29 is 0 Å². The van der Waals surface area contributed by atoms with E-state index in [1.54, 1.807) is 21.8 Å². The highest BCUT2D eigenvalue weighted by atomic mass is 16.1. The monoisotopic (exact) mass is 387 g/mol. The molecule has 0 saturated carbocycles. The van der Waals surface area contributed by atoms with Gasteiger partial charge < -0.3 is 5.32 Å². The van der Waals surface area contributed by atoms with E-state index in [0.29, 0.717) is 17.9 Å². The van der Waals surface area contributed by atoms with Crippen LogP contribution >= 0.6 is 0 Å². The fourth-order valence-electron chi connectivity index (χ4n) is 3.05. The Kier molecular flexibility index (Phi) is 5.26. The molecule has 4 aromatic rings. The third kappa shape index (κ3) is 4.27. The van der Waals surface area contributed by atoms with Crippen molar-refractivity contribution in [2.24, 2.45) is 7.05 Å². The van der Waals surface area contributed by atoms with Crippen molar-refractivity contribution in [3.63, 3.8) is 0 Å². The van der Waals surface area contributed by atoms with Gasteiger partial charge in [-0.2, -0.15) is 10.2 Å². The normalized spacial score (nSPS) is 11.0. The first-order valence-corrected chi connectivity index (χ1v) is 9.25. The maximum atomic E-state index is 12.3. The minimum atomic E-state index is -0.0942. The zero-order valence-corrected chi connectivity index (χ0v) is 16.3. The molecule has 3 aromatic heterocycles. The molecule has 0 spiro atoms. The second-order valence-electron chi connectivity index (χ2n) is 6.77. The molecule has 0 aliphatic rings. The van der Waals surface area contributed by atoms with Gasteiger partial charge in [0, 0.05) is 55.8 Å². The van der Waals surface area contributed by atoms with Crippen molar-refractivity contribution in [3.8, 4) is 17.1 Å². The first-order valence-electron chi connectivity index (χ1n) is 9.25. The third-order valence-corrected chi connectivity index (χ3v) is 4.48. The van der Waals surface area contributed by atoms with Gasteiger partial charge in [-0.25, -0.2) is 14.6 Å². The number of rotatable bonds is 6. The van der Waals surface area contributed by atoms with E-state index in [0.717, 1.165) is 28.9 Å². The third-order valence-electron chi connectivity index (χ3n) is 4.48. The molecule has 146 valence electrons. The number of hydrogen-bond donors (Lipinski definition) is 1. The molecule has 29 heavy (non-hydrogen) atoms. The highest BCUT2D eigenvalue weighted by Crippen LogP contribution is 2.17. The van der Waals surface area contributed by atoms with E-state index in [9.17, 15) is 4.79 Å². The topological polar surface area (TPSA) is 90.5 Å². The summed E-state index contributed by atoms with van der Waals surface area (Å²) in [5.41, 5.74) is 4.08. The zero-order valence-electron chi connectivity index (χ0n) is 16.3. The average molecular weight is 387 g/mol. The van der Waals surface area contributed by atoms with Gasteiger partial charge in [0.05, 0.1) is 12.4 Å². The largest absolute Gasteiger partial charge is 0.316 e. The van der Waals surface area contributed by atoms with E-state index in [1.165, 1.54) is 6.07 Å². The van der Waals surface area contributed by atoms with Crippen LogP contribution in [0.25, 0.3) is 17.1 Å². The van der Waals surface area contributed by atoms with E-state index in [-0.39, 0.29) is 5.43 Å². The van der Waals surface area contributed by atoms with E-state index in [2.05, 4.69) is 25.5 Å². The summed E-state index contributed by atoms with van der Waals surface area (Å²) in [7, 11) is 3.73. The predicted octanol–water partition coefficient (Wildman–Crippen LogP) is 1.73. The summed E-state index contributed by atoms with van der Waals surface area (Å²) < 4.78 is 3.36. The van der Waals surface area contributed by atoms with Crippen LogP contribution in [0.15, 0.2) is 66.1 Å². The van der Waals surface area contributed by atoms with Crippen LogP contribution in [0.3, 0.4) is 0 Å². The van der Waals surface area contributed by atoms with Crippen LogP contribution < -0.4 is 10.7 Å². The lowest BCUT2D eigenvalue weighted by molar-refractivity contribution is 0.762. The van der Waals surface area contributed by atoms with Gasteiger partial charge in [0.1, 0.15) is 11.4 Å². The molecular formula is C21H21N7O. The quantitative estimate of drug-likeness (QED) is 0.542. The van der Waals surface area contributed by atoms with E-state index in [1.807, 2.05) is 57.0 Å². The molecule has 0 atom stereocenters. The fourth-order valence-corrected chi connectivity index (χ4v) is 3.05. The predicted molar refractivity (Wildman–Crippen MR) is 110 cm³/mol. The van der Waals surface area contributed by atoms with E-state index < -0.39 is 0 Å². The van der Waals surface area contributed by atoms with Crippen LogP contribution in [-0.4, -0.2) is 36.6 Å². The number of hydrogen-bond acceptors (Lipinski definition) is 6. The first kappa shape index (κ1) is 18.7. The molecule has 0 bridgehead atoms. The molecule has 0 unspecified atom stereocenters. The molecule has 0 aliphatic heterocycles. The summed E-state index contributed by atoms with van der Waals surface area (Å²) in [6.07, 6.45) is 9.26. The van der Waals surface area contributed by atoms with Crippen LogP contribution in [0, 0.1) is 0 Å². The van der Waals surface area contributed by atoms with Gasteiger partial charge in [-0.3, -0.25) is 9.48 Å². The van der Waals surface area contributed by atoms with Gasteiger partial charge >= 0.3 is 0 Å². The van der Waals surface area contributed by atoms with Gasteiger partial charge in [0.15, 0.2) is 5.82 Å². The van der Waals surface area contributed by atoms with Crippen LogP contribution in [0.5, 0.6) is 0 Å². The molecule has 3 heterocycles. The molecule has 8 heteroatoms. The van der Waals surface area contributed by atoms with Gasteiger partial charge in [-0.15, -0.1) is 0 Å². The maximum absolute atomic E-state index is 12.3. The second-order valence-corrected chi connectivity index (χ2v) is 6.77. The summed E-state index contributed by atoms with van der Waals surface area (Å²) in [4.78, 5) is 21.2. The summed E-state index contributed by atoms with van der Waals surface area (Å²) in [6, 6.07) is 9.40. The molecule has 0 amide bonds. The van der Waals surface area contributed by atoms with Crippen molar-refractivity contribution in [1.82, 2.24) is 34.8 Å². The van der Waals surface area contributed by atoms with Gasteiger partial charge in [-0.1, -0.05) is 18.2 Å². The Morgan fingerprint density at radius 2 is 1.90 bits per heavy atom. The SMILES string of the molecule is CNCc1cnc(-c2cccc(Cc3nn(-c4cnn(C)c4)ccc3=O)c2)nc1. The lowest BCUT2D eigenvalue weighted by atomic mass is 10.1. The number of aromatic nitrogens is 6. The molecule has 8 nitrogen and oxygen atoms in total. The molecule has 0 aliphatic carbocycles. The van der Waals surface area contributed by atoms with Crippen molar-refractivity contribution >= 4 is 0 Å². The number of aryl methyl sites for hydroxylation is 1. The standard InChI is InChI=1S/C21H21N7O/c1-22-10-16-11-23-21(24-12-16)17-5-3-4-15(8-17)9-19-20(29)6-7-28(26-19)18-13-25-27(2)14-18/h3-8,11-14,22H,9-10H2,1-2H3. The molecule has 0 saturated heterocycles. The van der Waals surface area contributed by atoms with Crippen molar-refractivity contribution in [2.75, 3.05) is 7.05 Å². The molecule has 0 fully saturated rings. The Bertz CT molecular complexity index is 1180. The lowest BCUT2D eigenvalue weighted by Crippen LogP contribution is -2.16. The Morgan fingerprint density at radius 3 is 2.62 bits per heavy atom. The summed E-state index contributed by atoms with van der Waals surface area (Å²) in [5.74, 6) is 0.653. The van der Waals surface area contributed by atoms with E-state index >= 15 is 0 Å². The molecule has 1 N–H and O–H groups in total. The van der Waals surface area contributed by atoms with Crippen LogP contribution in [0.1, 0.15) is 16.8 Å². The molecule has 4 rings (SSSR count). The summed E-state index contributed by atoms with van der Waals surface area (Å²) in [5, 5.41) is 11.7. The van der Waals surface area contributed by atoms with Gasteiger partial charge in [-0.05, 0) is 18.7 Å². The number of nitrogens with zero attached hydrogens (tertiary/aromatic N) is 6. The average Bonchev–Trinajstić information content (AvgIpc) is 3.17. The Labute approximate surface area is 167 Å². The zero-order chi connectivity index (χ0) is 20.2. The van der Waals surface area contributed by atoms with Crippen LogP contribution in [0.4, 0.5) is 0 Å². The summed E-state index contributed by atoms with van der Waals surface area (Å²) >= 11 is 0. The molecule has 0 radical (unpaired) electrons. The number of nitrogens with one attached hydrogen (secondary N) is 1. The lowest BCUT2D eigenvalue weighted by Gasteiger charge is -2.07. The van der Waals surface area contributed by atoms with Gasteiger partial charge in [0.25, 0.3) is 0 Å². The number of benzene rings is 1. The van der Waals surface area contributed by atoms with Crippen molar-refractivity contribution in [1.29, 1.82) is 0 Å². The van der Waals surface area contributed by atoms with Crippen molar-refractivity contribution in [2.45, 2.75) is 13.0 Å². The smallest absolute Gasteiger partial charge is 0.203 e. The van der Waals surface area contributed by atoms with Crippen LogP contribution in [-0.2, 0) is 20.0 Å².